The SMILES string of the molecule is CCN(CC)S(=O)(=O)c1cc(C)c(C)c(NC(=O)c2cccc(Cl)c2)c1. The maximum atomic E-state index is 12.8. The van der Waals surface area contributed by atoms with Gasteiger partial charge in [-0.05, 0) is 55.3 Å². The van der Waals surface area contributed by atoms with E-state index in [0.717, 1.165) is 11.1 Å². The van der Waals surface area contributed by atoms with E-state index in [-0.39, 0.29) is 10.8 Å². The lowest BCUT2D eigenvalue weighted by Crippen LogP contribution is -2.30. The van der Waals surface area contributed by atoms with Crippen molar-refractivity contribution >= 4 is 33.2 Å². The molecule has 0 unspecified atom stereocenters. The number of halogens is 1. The van der Waals surface area contributed by atoms with Crippen LogP contribution in [0.4, 0.5) is 5.69 Å². The second-order valence-corrected chi connectivity index (χ2v) is 8.34. The maximum Gasteiger partial charge on any atom is 0.255 e. The summed E-state index contributed by atoms with van der Waals surface area (Å²) in [6.07, 6.45) is 0. The average molecular weight is 395 g/mol. The molecule has 7 heteroatoms. The Labute approximate surface area is 160 Å². The first kappa shape index (κ1) is 20.4. The van der Waals surface area contributed by atoms with Crippen molar-refractivity contribution in [1.82, 2.24) is 4.31 Å². The zero-order chi connectivity index (χ0) is 19.5. The zero-order valence-corrected chi connectivity index (χ0v) is 16.9. The Morgan fingerprint density at radius 2 is 1.77 bits per heavy atom. The van der Waals surface area contributed by atoms with E-state index in [9.17, 15) is 13.2 Å². The van der Waals surface area contributed by atoms with Crippen molar-refractivity contribution in [3.8, 4) is 0 Å². The van der Waals surface area contributed by atoms with Gasteiger partial charge in [-0.2, -0.15) is 4.31 Å². The molecule has 1 amide bonds. The molecule has 140 valence electrons. The van der Waals surface area contributed by atoms with Crippen LogP contribution in [0.5, 0.6) is 0 Å². The Morgan fingerprint density at radius 3 is 2.35 bits per heavy atom. The van der Waals surface area contributed by atoms with Gasteiger partial charge in [-0.15, -0.1) is 0 Å². The fourth-order valence-electron chi connectivity index (χ4n) is 2.64. The van der Waals surface area contributed by atoms with E-state index in [0.29, 0.717) is 29.4 Å². The first-order valence-electron chi connectivity index (χ1n) is 8.39. The number of rotatable bonds is 6. The third-order valence-corrected chi connectivity index (χ3v) is 6.58. The minimum absolute atomic E-state index is 0.172. The number of hydrogen-bond donors (Lipinski definition) is 1. The highest BCUT2D eigenvalue weighted by molar-refractivity contribution is 7.89. The summed E-state index contributed by atoms with van der Waals surface area (Å²) in [4.78, 5) is 12.7. The summed E-state index contributed by atoms with van der Waals surface area (Å²) in [5.41, 5.74) is 2.49. The van der Waals surface area contributed by atoms with E-state index in [4.69, 9.17) is 11.6 Å². The molecule has 5 nitrogen and oxygen atoms in total. The van der Waals surface area contributed by atoms with Crippen LogP contribution in [0.3, 0.4) is 0 Å². The molecule has 0 aliphatic heterocycles. The average Bonchev–Trinajstić information content (AvgIpc) is 2.59. The van der Waals surface area contributed by atoms with Crippen LogP contribution in [-0.4, -0.2) is 31.7 Å². The van der Waals surface area contributed by atoms with Crippen molar-refractivity contribution in [2.75, 3.05) is 18.4 Å². The van der Waals surface area contributed by atoms with Gasteiger partial charge >= 0.3 is 0 Å². The van der Waals surface area contributed by atoms with Gasteiger partial charge in [0.15, 0.2) is 0 Å². The quantitative estimate of drug-likeness (QED) is 0.796. The Hall–Kier alpha value is -1.89. The van der Waals surface area contributed by atoms with Gasteiger partial charge in [0.2, 0.25) is 10.0 Å². The second kappa shape index (κ2) is 8.20. The molecule has 2 aromatic rings. The van der Waals surface area contributed by atoms with Crippen molar-refractivity contribution in [2.45, 2.75) is 32.6 Å². The van der Waals surface area contributed by atoms with Crippen LogP contribution in [0.1, 0.15) is 35.3 Å². The standard InChI is InChI=1S/C19H23ClN2O3S/c1-5-22(6-2)26(24,25)17-10-13(3)14(4)18(12-17)21-19(23)15-8-7-9-16(20)11-15/h7-12H,5-6H2,1-4H3,(H,21,23). The lowest BCUT2D eigenvalue weighted by atomic mass is 10.1. The van der Waals surface area contributed by atoms with Gasteiger partial charge in [0.05, 0.1) is 4.90 Å². The van der Waals surface area contributed by atoms with Crippen molar-refractivity contribution < 1.29 is 13.2 Å². The van der Waals surface area contributed by atoms with E-state index in [1.165, 1.54) is 10.4 Å². The summed E-state index contributed by atoms with van der Waals surface area (Å²) in [6.45, 7) is 8.03. The van der Waals surface area contributed by atoms with Crippen LogP contribution in [0, 0.1) is 13.8 Å². The molecule has 0 radical (unpaired) electrons. The number of carbonyl (C=O) groups is 1. The Bertz CT molecular complexity index is 922. The van der Waals surface area contributed by atoms with Crippen LogP contribution >= 0.6 is 11.6 Å². The van der Waals surface area contributed by atoms with E-state index in [2.05, 4.69) is 5.32 Å². The summed E-state index contributed by atoms with van der Waals surface area (Å²) in [5.74, 6) is -0.340. The molecule has 0 spiro atoms. The van der Waals surface area contributed by atoms with Crippen molar-refractivity contribution in [1.29, 1.82) is 0 Å². The molecular formula is C19H23ClN2O3S. The maximum absolute atomic E-state index is 12.8. The van der Waals surface area contributed by atoms with Crippen LogP contribution in [0.25, 0.3) is 0 Å². The van der Waals surface area contributed by atoms with Crippen molar-refractivity contribution in [2.24, 2.45) is 0 Å². The Morgan fingerprint density at radius 1 is 1.12 bits per heavy atom. The number of amides is 1. The van der Waals surface area contributed by atoms with Gasteiger partial charge < -0.3 is 5.32 Å². The third kappa shape index (κ3) is 4.26. The van der Waals surface area contributed by atoms with Crippen LogP contribution < -0.4 is 5.32 Å². The van der Waals surface area contributed by atoms with E-state index >= 15 is 0 Å². The molecule has 0 fully saturated rings. The first-order chi connectivity index (χ1) is 12.2. The number of anilines is 1. The molecule has 1 N–H and O–H groups in total. The molecule has 26 heavy (non-hydrogen) atoms. The summed E-state index contributed by atoms with van der Waals surface area (Å²) < 4.78 is 27.0. The molecule has 0 bridgehead atoms. The van der Waals surface area contributed by atoms with Gasteiger partial charge in [0.1, 0.15) is 0 Å². The number of sulfonamides is 1. The lowest BCUT2D eigenvalue weighted by Gasteiger charge is -2.20. The molecule has 0 saturated carbocycles. The molecule has 2 rings (SSSR count). The fraction of sp³-hybridized carbons (Fsp3) is 0.316. The summed E-state index contributed by atoms with van der Waals surface area (Å²) in [6, 6.07) is 9.74. The number of nitrogens with one attached hydrogen (secondary N) is 1. The number of aryl methyl sites for hydroxylation is 1. The number of carbonyl (C=O) groups excluding carboxylic acids is 1. The minimum atomic E-state index is -3.61. The van der Waals surface area contributed by atoms with Crippen LogP contribution in [0.2, 0.25) is 5.02 Å². The molecule has 0 saturated heterocycles. The van der Waals surface area contributed by atoms with Crippen molar-refractivity contribution in [3.05, 3.63) is 58.1 Å². The monoisotopic (exact) mass is 394 g/mol. The largest absolute Gasteiger partial charge is 0.322 e. The summed E-state index contributed by atoms with van der Waals surface area (Å²) in [7, 11) is -3.61. The topological polar surface area (TPSA) is 66.5 Å². The van der Waals surface area contributed by atoms with Crippen molar-refractivity contribution in [3.63, 3.8) is 0 Å². The highest BCUT2D eigenvalue weighted by atomic mass is 35.5. The van der Waals surface area contributed by atoms with E-state index in [1.807, 2.05) is 13.8 Å². The van der Waals surface area contributed by atoms with E-state index < -0.39 is 10.0 Å². The second-order valence-electron chi connectivity index (χ2n) is 5.97. The molecule has 0 aliphatic carbocycles. The molecular weight excluding hydrogens is 372 g/mol. The number of nitrogens with zero attached hydrogens (tertiary/aromatic N) is 1. The van der Waals surface area contributed by atoms with E-state index in [1.54, 1.807) is 44.2 Å². The highest BCUT2D eigenvalue weighted by Crippen LogP contribution is 2.27. The Kier molecular flexibility index (Phi) is 6.44. The Balaban J connectivity index is 2.44. The van der Waals surface area contributed by atoms with Gasteiger partial charge in [0, 0.05) is 29.4 Å². The van der Waals surface area contributed by atoms with Crippen LogP contribution in [-0.2, 0) is 10.0 Å². The first-order valence-corrected chi connectivity index (χ1v) is 10.2. The predicted molar refractivity (Wildman–Crippen MR) is 105 cm³/mol. The molecule has 0 aromatic heterocycles. The predicted octanol–water partition coefficient (Wildman–Crippen LogP) is 4.24. The third-order valence-electron chi connectivity index (χ3n) is 4.32. The lowest BCUT2D eigenvalue weighted by molar-refractivity contribution is 0.102. The molecule has 2 aromatic carbocycles. The minimum Gasteiger partial charge on any atom is -0.322 e. The number of hydrogen-bond acceptors (Lipinski definition) is 3. The molecule has 0 heterocycles. The number of benzene rings is 2. The summed E-state index contributed by atoms with van der Waals surface area (Å²) in [5, 5.41) is 3.26. The zero-order valence-electron chi connectivity index (χ0n) is 15.3. The van der Waals surface area contributed by atoms with Gasteiger partial charge in [-0.3, -0.25) is 4.79 Å². The normalized spacial score (nSPS) is 11.6. The fourth-order valence-corrected chi connectivity index (χ4v) is 4.40. The van der Waals surface area contributed by atoms with Gasteiger partial charge in [-0.1, -0.05) is 31.5 Å². The molecule has 0 atom stereocenters. The van der Waals surface area contributed by atoms with Gasteiger partial charge in [0.25, 0.3) is 5.91 Å². The summed E-state index contributed by atoms with van der Waals surface area (Å²) >= 11 is 5.94. The molecule has 0 aliphatic rings. The van der Waals surface area contributed by atoms with Gasteiger partial charge in [-0.25, -0.2) is 8.42 Å². The smallest absolute Gasteiger partial charge is 0.255 e. The van der Waals surface area contributed by atoms with Crippen LogP contribution in [0.15, 0.2) is 41.3 Å². The highest BCUT2D eigenvalue weighted by Gasteiger charge is 2.23.